The maximum atomic E-state index is 11.4. The SMILES string of the molecule is COc1ccc2nccc([C@@H](O)CCC3CCN(CCCc4ccccc4OC)CC3CCC(=O)O)c2c1. The zero-order valence-electron chi connectivity index (χ0n) is 22.5. The molecule has 0 aliphatic carbocycles. The van der Waals surface area contributed by atoms with E-state index >= 15 is 0 Å². The minimum absolute atomic E-state index is 0.188. The minimum atomic E-state index is -0.741. The molecule has 0 bridgehead atoms. The number of hydrogen-bond acceptors (Lipinski definition) is 6. The molecule has 1 aliphatic rings. The van der Waals surface area contributed by atoms with Crippen molar-refractivity contribution in [3.8, 4) is 11.5 Å². The maximum Gasteiger partial charge on any atom is 0.303 e. The summed E-state index contributed by atoms with van der Waals surface area (Å²) in [6.07, 6.45) is 6.53. The van der Waals surface area contributed by atoms with Gasteiger partial charge in [-0.1, -0.05) is 18.2 Å². The number of methoxy groups -OCH3 is 2. The quantitative estimate of drug-likeness (QED) is 0.307. The van der Waals surface area contributed by atoms with Gasteiger partial charge in [0.25, 0.3) is 0 Å². The number of ether oxygens (including phenoxy) is 2. The normalized spacial score (nSPS) is 18.8. The second-order valence-electron chi connectivity index (χ2n) is 10.3. The number of para-hydroxylation sites is 1. The largest absolute Gasteiger partial charge is 0.497 e. The number of hydrogen-bond donors (Lipinski definition) is 2. The van der Waals surface area contributed by atoms with E-state index in [1.165, 1.54) is 5.56 Å². The van der Waals surface area contributed by atoms with E-state index in [2.05, 4.69) is 16.0 Å². The van der Waals surface area contributed by atoms with E-state index < -0.39 is 12.1 Å². The van der Waals surface area contributed by atoms with Gasteiger partial charge in [0.05, 0.1) is 25.8 Å². The highest BCUT2D eigenvalue weighted by Crippen LogP contribution is 2.35. The molecule has 7 nitrogen and oxygen atoms in total. The molecule has 2 N–H and O–H groups in total. The third-order valence-electron chi connectivity index (χ3n) is 7.97. The number of carboxylic acids is 1. The van der Waals surface area contributed by atoms with Crippen LogP contribution in [0.2, 0.25) is 0 Å². The lowest BCUT2D eigenvalue weighted by atomic mass is 9.79. The third kappa shape index (κ3) is 7.23. The van der Waals surface area contributed by atoms with E-state index in [1.807, 2.05) is 42.5 Å². The van der Waals surface area contributed by atoms with Crippen molar-refractivity contribution in [2.75, 3.05) is 33.9 Å². The molecule has 1 saturated heterocycles. The van der Waals surface area contributed by atoms with E-state index in [0.717, 1.165) is 73.3 Å². The monoisotopic (exact) mass is 520 g/mol. The third-order valence-corrected chi connectivity index (χ3v) is 7.97. The lowest BCUT2D eigenvalue weighted by molar-refractivity contribution is -0.137. The van der Waals surface area contributed by atoms with Gasteiger partial charge in [0.1, 0.15) is 11.5 Å². The van der Waals surface area contributed by atoms with Gasteiger partial charge in [-0.3, -0.25) is 9.78 Å². The first-order chi connectivity index (χ1) is 18.5. The van der Waals surface area contributed by atoms with Crippen LogP contribution in [-0.4, -0.2) is 59.9 Å². The van der Waals surface area contributed by atoms with Gasteiger partial charge < -0.3 is 24.6 Å². The van der Waals surface area contributed by atoms with Crippen molar-refractivity contribution in [1.82, 2.24) is 9.88 Å². The smallest absolute Gasteiger partial charge is 0.303 e. The molecule has 0 saturated carbocycles. The van der Waals surface area contributed by atoms with Crippen molar-refractivity contribution in [2.45, 2.75) is 51.0 Å². The van der Waals surface area contributed by atoms with Gasteiger partial charge in [0.15, 0.2) is 0 Å². The van der Waals surface area contributed by atoms with Gasteiger partial charge in [-0.2, -0.15) is 0 Å². The number of carboxylic acid groups (broad SMARTS) is 1. The van der Waals surface area contributed by atoms with Crippen LogP contribution in [0.5, 0.6) is 11.5 Å². The van der Waals surface area contributed by atoms with E-state index in [9.17, 15) is 15.0 Å². The first kappa shape index (κ1) is 27.9. The summed E-state index contributed by atoms with van der Waals surface area (Å²) in [4.78, 5) is 18.3. The number of aliphatic hydroxyl groups excluding tert-OH is 1. The van der Waals surface area contributed by atoms with Crippen LogP contribution in [0.25, 0.3) is 10.9 Å². The van der Waals surface area contributed by atoms with Gasteiger partial charge >= 0.3 is 5.97 Å². The Morgan fingerprint density at radius 2 is 1.95 bits per heavy atom. The van der Waals surface area contributed by atoms with Crippen molar-refractivity contribution >= 4 is 16.9 Å². The van der Waals surface area contributed by atoms with Crippen LogP contribution in [0.1, 0.15) is 55.8 Å². The fourth-order valence-electron chi connectivity index (χ4n) is 5.87. The van der Waals surface area contributed by atoms with Crippen molar-refractivity contribution in [3.63, 3.8) is 0 Å². The molecule has 4 rings (SSSR count). The van der Waals surface area contributed by atoms with Crippen LogP contribution in [0.15, 0.2) is 54.7 Å². The fourth-order valence-corrected chi connectivity index (χ4v) is 5.87. The van der Waals surface area contributed by atoms with Crippen molar-refractivity contribution < 1.29 is 24.5 Å². The summed E-state index contributed by atoms with van der Waals surface area (Å²) in [7, 11) is 3.34. The molecular weight excluding hydrogens is 480 g/mol. The summed E-state index contributed by atoms with van der Waals surface area (Å²) in [5, 5.41) is 21.4. The lowest BCUT2D eigenvalue weighted by Gasteiger charge is -2.39. The summed E-state index contributed by atoms with van der Waals surface area (Å²) in [5.74, 6) is 1.65. The van der Waals surface area contributed by atoms with Crippen molar-refractivity contribution in [2.24, 2.45) is 11.8 Å². The first-order valence-electron chi connectivity index (χ1n) is 13.6. The van der Waals surface area contributed by atoms with Crippen LogP contribution in [0, 0.1) is 11.8 Å². The van der Waals surface area contributed by atoms with E-state index in [-0.39, 0.29) is 6.42 Å². The number of pyridine rings is 1. The van der Waals surface area contributed by atoms with Crippen LogP contribution in [0.4, 0.5) is 0 Å². The van der Waals surface area contributed by atoms with Crippen LogP contribution >= 0.6 is 0 Å². The molecule has 204 valence electrons. The van der Waals surface area contributed by atoms with Gasteiger partial charge in [-0.15, -0.1) is 0 Å². The molecule has 1 fully saturated rings. The van der Waals surface area contributed by atoms with Crippen molar-refractivity contribution in [1.29, 1.82) is 0 Å². The van der Waals surface area contributed by atoms with E-state index in [1.54, 1.807) is 20.4 Å². The van der Waals surface area contributed by atoms with Crippen LogP contribution in [-0.2, 0) is 11.2 Å². The molecule has 38 heavy (non-hydrogen) atoms. The Hall–Kier alpha value is -3.16. The maximum absolute atomic E-state index is 11.4. The van der Waals surface area contributed by atoms with E-state index in [4.69, 9.17) is 9.47 Å². The van der Waals surface area contributed by atoms with Gasteiger partial charge in [0.2, 0.25) is 0 Å². The Labute approximate surface area is 225 Å². The zero-order valence-corrected chi connectivity index (χ0v) is 22.5. The number of carbonyl (C=O) groups is 1. The minimum Gasteiger partial charge on any atom is -0.497 e. The average molecular weight is 521 g/mol. The molecule has 7 heteroatoms. The zero-order chi connectivity index (χ0) is 26.9. The molecular formula is C31H40N2O5. The molecule has 0 amide bonds. The Bertz CT molecular complexity index is 1200. The summed E-state index contributed by atoms with van der Waals surface area (Å²) >= 11 is 0. The Balaban J connectivity index is 1.35. The Morgan fingerprint density at radius 3 is 2.74 bits per heavy atom. The molecule has 2 aromatic carbocycles. The number of rotatable bonds is 13. The summed E-state index contributed by atoms with van der Waals surface area (Å²) in [6.45, 7) is 2.91. The molecule has 3 aromatic rings. The highest BCUT2D eigenvalue weighted by molar-refractivity contribution is 5.83. The standard InChI is InChI=1S/C31H40N2O5/c1-37-25-11-12-28-27(20-25)26(15-17-32-28)29(34)13-9-22-16-19-33(21-24(22)10-14-31(35)36)18-5-7-23-6-3-4-8-30(23)38-2/h3-4,6,8,11-12,15,17,20,22,24,29,34H,5,7,9-10,13-14,16,18-19,21H2,1-2H3,(H,35,36)/t22?,24?,29-/m0/s1. The van der Waals surface area contributed by atoms with E-state index in [0.29, 0.717) is 24.7 Å². The number of nitrogens with zero attached hydrogens (tertiary/aromatic N) is 2. The predicted molar refractivity (Wildman–Crippen MR) is 149 cm³/mol. The summed E-state index contributed by atoms with van der Waals surface area (Å²) in [5.41, 5.74) is 2.93. The molecule has 0 spiro atoms. The fraction of sp³-hybridized carbons (Fsp3) is 0.484. The Kier molecular flexibility index (Phi) is 9.96. The highest BCUT2D eigenvalue weighted by Gasteiger charge is 2.30. The number of aliphatic carboxylic acids is 1. The summed E-state index contributed by atoms with van der Waals surface area (Å²) < 4.78 is 10.9. The van der Waals surface area contributed by atoms with Crippen molar-refractivity contribution in [3.05, 3.63) is 65.9 Å². The van der Waals surface area contributed by atoms with Crippen LogP contribution < -0.4 is 9.47 Å². The van der Waals surface area contributed by atoms with Gasteiger partial charge in [0, 0.05) is 24.5 Å². The Morgan fingerprint density at radius 1 is 1.11 bits per heavy atom. The number of aryl methyl sites for hydroxylation is 1. The number of benzene rings is 2. The molecule has 1 aromatic heterocycles. The molecule has 0 radical (unpaired) electrons. The average Bonchev–Trinajstić information content (AvgIpc) is 2.94. The molecule has 1 aliphatic heterocycles. The molecule has 2 unspecified atom stereocenters. The number of fused-ring (bicyclic) bond motifs is 1. The molecule has 3 atom stereocenters. The number of aliphatic hydroxyl groups is 1. The van der Waals surface area contributed by atoms with Gasteiger partial charge in [-0.05, 0) is 105 Å². The van der Waals surface area contributed by atoms with Crippen LogP contribution in [0.3, 0.4) is 0 Å². The molecule has 2 heterocycles. The second-order valence-corrected chi connectivity index (χ2v) is 10.3. The highest BCUT2D eigenvalue weighted by atomic mass is 16.5. The van der Waals surface area contributed by atoms with Gasteiger partial charge in [-0.25, -0.2) is 0 Å². The number of likely N-dealkylation sites (tertiary alicyclic amines) is 1. The second kappa shape index (κ2) is 13.6. The summed E-state index contributed by atoms with van der Waals surface area (Å²) in [6, 6.07) is 15.8. The predicted octanol–water partition coefficient (Wildman–Crippen LogP) is 5.50. The lowest BCUT2D eigenvalue weighted by Crippen LogP contribution is -2.41. The topological polar surface area (TPSA) is 92.1 Å². The number of piperidine rings is 1. The number of aromatic nitrogens is 1. The first-order valence-corrected chi connectivity index (χ1v) is 13.6.